The average molecular weight is 753 g/mol. The largest absolute Gasteiger partial charge is 0.497 e. The van der Waals surface area contributed by atoms with Gasteiger partial charge in [0.25, 0.3) is 5.56 Å². The number of ether oxygens (including phenoxy) is 1. The van der Waals surface area contributed by atoms with Gasteiger partial charge in [-0.3, -0.25) is 14.8 Å². The molecule has 0 bridgehead atoms. The molecule has 2 aromatic carbocycles. The van der Waals surface area contributed by atoms with Gasteiger partial charge in [0.1, 0.15) is 11.6 Å². The standard InChI is InChI=1S/C24H29FN6O2.C9H18.C6H14N2.2C2H6/c1-27-17-5-7-19-21(14-17)28-23(22(26)30-12-10-29(2)11-13-30)31(24(19)32)9-8-16-4-6-18(33-3)15-20(16)25;1-5-6-9(4)7-8(2)3;1-6-5-8(2)4-3-7-6;2*1-2/h4-7,14-15,26-27H,8-13H2,1-3H3;9H,2,5-7H2,1,3-4H3;6-7H,3-5H2,1-2H3;2*1-2H3/t;9-;;;/m.1.../s1. The fourth-order valence-corrected chi connectivity index (χ4v) is 6.34. The summed E-state index contributed by atoms with van der Waals surface area (Å²) >= 11 is 0. The summed E-state index contributed by atoms with van der Waals surface area (Å²) in [5.74, 6) is 1.42. The third-order valence-corrected chi connectivity index (χ3v) is 9.19. The van der Waals surface area contributed by atoms with Crippen molar-refractivity contribution < 1.29 is 9.13 Å². The first kappa shape index (κ1) is 48.2. The molecule has 0 saturated carbocycles. The van der Waals surface area contributed by atoms with Crippen LogP contribution >= 0.6 is 0 Å². The highest BCUT2D eigenvalue weighted by atomic mass is 19.1. The number of piperazine rings is 2. The first-order valence-corrected chi connectivity index (χ1v) is 20.0. The highest BCUT2D eigenvalue weighted by molar-refractivity contribution is 5.95. The van der Waals surface area contributed by atoms with Gasteiger partial charge in [0.2, 0.25) is 0 Å². The molecule has 2 saturated heterocycles. The van der Waals surface area contributed by atoms with Crippen LogP contribution in [0.2, 0.25) is 0 Å². The van der Waals surface area contributed by atoms with Gasteiger partial charge in [0, 0.05) is 77.2 Å². The molecule has 304 valence electrons. The zero-order valence-electron chi connectivity index (χ0n) is 35.7. The molecule has 2 aliphatic heterocycles. The van der Waals surface area contributed by atoms with E-state index in [1.54, 1.807) is 25.2 Å². The molecule has 2 atom stereocenters. The number of methoxy groups -OCH3 is 1. The zero-order chi connectivity index (χ0) is 40.8. The molecule has 11 heteroatoms. The Morgan fingerprint density at radius 3 is 2.26 bits per heavy atom. The maximum absolute atomic E-state index is 14.5. The van der Waals surface area contributed by atoms with E-state index >= 15 is 0 Å². The van der Waals surface area contributed by atoms with Crippen LogP contribution in [0.4, 0.5) is 10.1 Å². The Kier molecular flexibility index (Phi) is 23.3. The van der Waals surface area contributed by atoms with Crippen LogP contribution in [0.15, 0.2) is 53.3 Å². The van der Waals surface area contributed by atoms with Crippen molar-refractivity contribution in [3.05, 3.63) is 76.1 Å². The number of hydrogen-bond acceptors (Lipinski definition) is 8. The molecule has 10 nitrogen and oxygen atoms in total. The zero-order valence-corrected chi connectivity index (χ0v) is 35.7. The lowest BCUT2D eigenvalue weighted by Crippen LogP contribution is -2.48. The van der Waals surface area contributed by atoms with Gasteiger partial charge in [-0.2, -0.15) is 0 Å². The maximum Gasteiger partial charge on any atom is 0.261 e. The SMILES string of the molecule is C=C(C)C[C@H](C)CCC.CC.CC.CC1CN(C)CCN1.CNc1ccc2c(=O)n(CCc3ccc(OC)cc3F)c(C(=N)N3CCN(C)CC3)nc2c1. The fraction of sp³-hybridized carbons (Fsp3) is 0.605. The van der Waals surface area contributed by atoms with Gasteiger partial charge in [-0.15, -0.1) is 6.58 Å². The van der Waals surface area contributed by atoms with E-state index in [0.717, 1.165) is 31.2 Å². The third-order valence-electron chi connectivity index (χ3n) is 9.19. The first-order chi connectivity index (χ1) is 25.9. The first-order valence-electron chi connectivity index (χ1n) is 20.0. The van der Waals surface area contributed by atoms with Crippen molar-refractivity contribution in [2.24, 2.45) is 5.92 Å². The summed E-state index contributed by atoms with van der Waals surface area (Å²) in [5.41, 5.74) is 2.93. The van der Waals surface area contributed by atoms with Gasteiger partial charge in [-0.1, -0.05) is 66.0 Å². The summed E-state index contributed by atoms with van der Waals surface area (Å²) in [6, 6.07) is 10.8. The minimum Gasteiger partial charge on any atom is -0.497 e. The van der Waals surface area contributed by atoms with Gasteiger partial charge in [-0.05, 0) is 76.5 Å². The second kappa shape index (κ2) is 26.1. The lowest BCUT2D eigenvalue weighted by atomic mass is 9.99. The number of halogens is 1. The van der Waals surface area contributed by atoms with Crippen molar-refractivity contribution >= 4 is 22.4 Å². The van der Waals surface area contributed by atoms with Gasteiger partial charge in [0.15, 0.2) is 11.7 Å². The van der Waals surface area contributed by atoms with Crippen LogP contribution in [-0.4, -0.2) is 110 Å². The number of hydrogen-bond donors (Lipinski definition) is 3. The molecule has 3 heterocycles. The number of aryl methyl sites for hydroxylation is 1. The minimum absolute atomic E-state index is 0.213. The smallest absolute Gasteiger partial charge is 0.261 e. The van der Waals surface area contributed by atoms with E-state index < -0.39 is 0 Å². The number of nitrogens with zero attached hydrogens (tertiary/aromatic N) is 5. The summed E-state index contributed by atoms with van der Waals surface area (Å²) in [6.45, 7) is 27.5. The molecule has 54 heavy (non-hydrogen) atoms. The Labute approximate surface area is 326 Å². The van der Waals surface area contributed by atoms with Crippen LogP contribution in [0.25, 0.3) is 10.9 Å². The Morgan fingerprint density at radius 2 is 1.74 bits per heavy atom. The van der Waals surface area contributed by atoms with E-state index in [4.69, 9.17) is 15.1 Å². The highest BCUT2D eigenvalue weighted by Gasteiger charge is 2.23. The number of nitrogens with one attached hydrogen (secondary N) is 3. The fourth-order valence-electron chi connectivity index (χ4n) is 6.34. The Morgan fingerprint density at radius 1 is 1.07 bits per heavy atom. The monoisotopic (exact) mass is 753 g/mol. The number of allylic oxidation sites excluding steroid dienone is 1. The van der Waals surface area contributed by atoms with Gasteiger partial charge in [0.05, 0.1) is 18.0 Å². The normalized spacial score (nSPS) is 16.2. The van der Waals surface area contributed by atoms with E-state index in [9.17, 15) is 9.18 Å². The lowest BCUT2D eigenvalue weighted by Gasteiger charge is -2.34. The molecule has 2 aliphatic rings. The van der Waals surface area contributed by atoms with Crippen LogP contribution in [0.5, 0.6) is 5.75 Å². The molecule has 0 spiro atoms. The molecule has 5 rings (SSSR count). The van der Waals surface area contributed by atoms with Gasteiger partial charge in [-0.25, -0.2) is 9.37 Å². The van der Waals surface area contributed by atoms with E-state index in [2.05, 4.69) is 61.8 Å². The van der Waals surface area contributed by atoms with E-state index in [0.29, 0.717) is 53.6 Å². The quantitative estimate of drug-likeness (QED) is 0.110. The summed E-state index contributed by atoms with van der Waals surface area (Å²) in [4.78, 5) is 24.7. The highest BCUT2D eigenvalue weighted by Crippen LogP contribution is 2.19. The topological polar surface area (TPSA) is 102 Å². The molecular weight excluding hydrogens is 680 g/mol. The Balaban J connectivity index is 0.000000568. The average Bonchev–Trinajstić information content (AvgIpc) is 3.16. The summed E-state index contributed by atoms with van der Waals surface area (Å²) in [5, 5.41) is 15.8. The summed E-state index contributed by atoms with van der Waals surface area (Å²) < 4.78 is 21.1. The van der Waals surface area contributed by atoms with E-state index in [1.165, 1.54) is 55.7 Å². The van der Waals surface area contributed by atoms with Crippen LogP contribution in [0.1, 0.15) is 86.0 Å². The number of anilines is 1. The molecule has 3 N–H and O–H groups in total. The van der Waals surface area contributed by atoms with Gasteiger partial charge < -0.3 is 30.1 Å². The molecule has 0 aliphatic carbocycles. The maximum atomic E-state index is 14.5. The van der Waals surface area contributed by atoms with Crippen molar-refractivity contribution in [1.29, 1.82) is 5.41 Å². The van der Waals surface area contributed by atoms with E-state index in [1.807, 2.05) is 51.8 Å². The second-order valence-electron chi connectivity index (χ2n) is 13.9. The molecule has 2 fully saturated rings. The van der Waals surface area contributed by atoms with Crippen LogP contribution in [0, 0.1) is 17.1 Å². The molecule has 3 aromatic rings. The number of likely N-dealkylation sites (N-methyl/N-ethyl adjacent to an activating group) is 2. The Bertz CT molecular complexity index is 1590. The van der Waals surface area contributed by atoms with Crippen LogP contribution < -0.4 is 20.9 Å². The second-order valence-corrected chi connectivity index (χ2v) is 13.9. The summed E-state index contributed by atoms with van der Waals surface area (Å²) in [7, 11) is 7.51. The molecule has 1 aromatic heterocycles. The predicted molar refractivity (Wildman–Crippen MR) is 229 cm³/mol. The molecule has 1 unspecified atom stereocenters. The van der Waals surface area contributed by atoms with E-state index in [-0.39, 0.29) is 23.8 Å². The third kappa shape index (κ3) is 15.9. The number of rotatable bonds is 10. The minimum atomic E-state index is -0.384. The lowest BCUT2D eigenvalue weighted by molar-refractivity contribution is 0.214. The van der Waals surface area contributed by atoms with Crippen LogP contribution in [0.3, 0.4) is 0 Å². The molecule has 0 amide bonds. The van der Waals surface area contributed by atoms with Gasteiger partial charge >= 0.3 is 0 Å². The predicted octanol–water partition coefficient (Wildman–Crippen LogP) is 7.75. The van der Waals surface area contributed by atoms with Crippen molar-refractivity contribution in [2.45, 2.75) is 93.7 Å². The number of fused-ring (bicyclic) bond motifs is 1. The number of amidine groups is 1. The van der Waals surface area contributed by atoms with Crippen molar-refractivity contribution in [2.75, 3.05) is 79.4 Å². The Hall–Kier alpha value is -3.80. The molecular formula is C43H73FN8O2. The molecule has 0 radical (unpaired) electrons. The number of aromatic nitrogens is 2. The van der Waals surface area contributed by atoms with Crippen LogP contribution in [-0.2, 0) is 13.0 Å². The number of benzene rings is 2. The summed E-state index contributed by atoms with van der Waals surface area (Å²) in [6.07, 6.45) is 4.13. The van der Waals surface area contributed by atoms with Crippen molar-refractivity contribution in [3.8, 4) is 5.75 Å². The van der Waals surface area contributed by atoms with Crippen molar-refractivity contribution in [3.63, 3.8) is 0 Å². The van der Waals surface area contributed by atoms with Crippen molar-refractivity contribution in [1.82, 2.24) is 29.6 Å².